The molecule has 0 aromatic rings. The van der Waals surface area contributed by atoms with Crippen LogP contribution in [0.5, 0.6) is 0 Å². The Morgan fingerprint density at radius 1 is 0.933 bits per heavy atom. The monoisotopic (exact) mass is 210 g/mol. The molecule has 88 valence electrons. The molecule has 0 radical (unpaired) electrons. The van der Waals surface area contributed by atoms with Crippen LogP contribution in [0.25, 0.3) is 0 Å². The van der Waals surface area contributed by atoms with Crippen LogP contribution in [-0.4, -0.2) is 36.1 Å². The lowest BCUT2D eigenvalue weighted by Crippen LogP contribution is -2.49. The lowest BCUT2D eigenvalue weighted by Gasteiger charge is -2.41. The van der Waals surface area contributed by atoms with Crippen molar-refractivity contribution < 1.29 is 0 Å². The fourth-order valence-corrected chi connectivity index (χ4v) is 3.41. The fourth-order valence-electron chi connectivity index (χ4n) is 3.41. The summed E-state index contributed by atoms with van der Waals surface area (Å²) in [5, 5.41) is 3.55. The van der Waals surface area contributed by atoms with Gasteiger partial charge in [0.25, 0.3) is 0 Å². The van der Waals surface area contributed by atoms with Crippen LogP contribution >= 0.6 is 0 Å². The molecule has 0 bridgehead atoms. The Bertz CT molecular complexity index is 175. The van der Waals surface area contributed by atoms with Gasteiger partial charge in [0, 0.05) is 24.7 Å². The number of nitrogens with zero attached hydrogens (tertiary/aromatic N) is 1. The van der Waals surface area contributed by atoms with Gasteiger partial charge in [0.1, 0.15) is 0 Å². The first-order valence-corrected chi connectivity index (χ1v) is 6.77. The predicted octanol–water partition coefficient (Wildman–Crippen LogP) is 2.39. The molecule has 2 nitrogen and oxygen atoms in total. The quantitative estimate of drug-likeness (QED) is 0.715. The van der Waals surface area contributed by atoms with Crippen molar-refractivity contribution in [3.63, 3.8) is 0 Å². The Hall–Kier alpha value is -0.0800. The molecule has 1 saturated heterocycles. The molecule has 15 heavy (non-hydrogen) atoms. The molecule has 1 aliphatic heterocycles. The summed E-state index contributed by atoms with van der Waals surface area (Å²) >= 11 is 0. The summed E-state index contributed by atoms with van der Waals surface area (Å²) in [5.74, 6) is 0. The lowest BCUT2D eigenvalue weighted by atomic mass is 9.92. The molecule has 2 unspecified atom stereocenters. The summed E-state index contributed by atoms with van der Waals surface area (Å²) in [6.07, 6.45) is 8.57. The zero-order valence-electron chi connectivity index (χ0n) is 10.3. The van der Waals surface area contributed by atoms with Crippen molar-refractivity contribution in [1.29, 1.82) is 0 Å². The smallest absolute Gasteiger partial charge is 0.0198 e. The van der Waals surface area contributed by atoms with Crippen LogP contribution in [0, 0.1) is 0 Å². The third kappa shape index (κ3) is 2.73. The lowest BCUT2D eigenvalue weighted by molar-refractivity contribution is 0.0788. The zero-order chi connectivity index (χ0) is 10.7. The highest BCUT2D eigenvalue weighted by atomic mass is 15.2. The summed E-state index contributed by atoms with van der Waals surface area (Å²) in [6.45, 7) is 7.19. The summed E-state index contributed by atoms with van der Waals surface area (Å²) in [7, 11) is 0. The van der Waals surface area contributed by atoms with Gasteiger partial charge in [0.05, 0.1) is 0 Å². The Morgan fingerprint density at radius 3 is 2.40 bits per heavy atom. The summed E-state index contributed by atoms with van der Waals surface area (Å²) in [6, 6.07) is 2.38. The van der Waals surface area contributed by atoms with Gasteiger partial charge in [-0.15, -0.1) is 0 Å². The second kappa shape index (κ2) is 5.31. The average Bonchev–Trinajstić information content (AvgIpc) is 2.41. The number of hydrogen-bond donors (Lipinski definition) is 1. The maximum Gasteiger partial charge on any atom is 0.0198 e. The third-order valence-electron chi connectivity index (χ3n) is 4.19. The average molecular weight is 210 g/mol. The van der Waals surface area contributed by atoms with Crippen molar-refractivity contribution in [2.75, 3.05) is 13.1 Å². The van der Waals surface area contributed by atoms with Gasteiger partial charge in [-0.25, -0.2) is 0 Å². The molecular weight excluding hydrogens is 184 g/mol. The van der Waals surface area contributed by atoms with Crippen molar-refractivity contribution >= 4 is 0 Å². The minimum absolute atomic E-state index is 0.727. The maximum atomic E-state index is 3.55. The van der Waals surface area contributed by atoms with E-state index >= 15 is 0 Å². The molecule has 1 N–H and O–H groups in total. The number of rotatable bonds is 1. The van der Waals surface area contributed by atoms with E-state index in [4.69, 9.17) is 0 Å². The van der Waals surface area contributed by atoms with Gasteiger partial charge in [-0.2, -0.15) is 0 Å². The van der Waals surface area contributed by atoms with Crippen LogP contribution in [0.1, 0.15) is 52.4 Å². The molecule has 1 saturated carbocycles. The van der Waals surface area contributed by atoms with Crippen LogP contribution < -0.4 is 5.32 Å². The van der Waals surface area contributed by atoms with Crippen molar-refractivity contribution in [1.82, 2.24) is 10.2 Å². The van der Waals surface area contributed by atoms with Gasteiger partial charge in [0.2, 0.25) is 0 Å². The minimum atomic E-state index is 0.727. The first-order valence-electron chi connectivity index (χ1n) is 6.77. The third-order valence-corrected chi connectivity index (χ3v) is 4.19. The Morgan fingerprint density at radius 2 is 1.67 bits per heavy atom. The van der Waals surface area contributed by atoms with E-state index in [0.29, 0.717) is 0 Å². The first-order chi connectivity index (χ1) is 7.29. The minimum Gasteiger partial charge on any atom is -0.315 e. The zero-order valence-corrected chi connectivity index (χ0v) is 10.3. The molecule has 0 aromatic carbocycles. The van der Waals surface area contributed by atoms with E-state index < -0.39 is 0 Å². The molecule has 1 heterocycles. The van der Waals surface area contributed by atoms with Gasteiger partial charge < -0.3 is 5.32 Å². The van der Waals surface area contributed by atoms with Crippen molar-refractivity contribution in [2.24, 2.45) is 0 Å². The van der Waals surface area contributed by atoms with E-state index in [-0.39, 0.29) is 0 Å². The highest BCUT2D eigenvalue weighted by molar-refractivity contribution is 4.86. The van der Waals surface area contributed by atoms with Gasteiger partial charge in [-0.3, -0.25) is 4.90 Å². The molecular formula is C13H26N2. The topological polar surface area (TPSA) is 15.3 Å². The van der Waals surface area contributed by atoms with Crippen LogP contribution in [0.4, 0.5) is 0 Å². The van der Waals surface area contributed by atoms with Gasteiger partial charge >= 0.3 is 0 Å². The summed E-state index contributed by atoms with van der Waals surface area (Å²) in [4.78, 5) is 2.80. The highest BCUT2D eigenvalue weighted by Crippen LogP contribution is 2.27. The molecule has 0 amide bonds. The van der Waals surface area contributed by atoms with Gasteiger partial charge in [0.15, 0.2) is 0 Å². The van der Waals surface area contributed by atoms with E-state index in [1.807, 2.05) is 0 Å². The normalized spacial score (nSPS) is 36.4. The highest BCUT2D eigenvalue weighted by Gasteiger charge is 2.30. The van der Waals surface area contributed by atoms with E-state index in [0.717, 1.165) is 18.1 Å². The first kappa shape index (κ1) is 11.4. The molecule has 2 heteroatoms. The molecule has 2 fully saturated rings. The van der Waals surface area contributed by atoms with Crippen LogP contribution in [0.15, 0.2) is 0 Å². The molecule has 2 rings (SSSR count). The van der Waals surface area contributed by atoms with Crippen LogP contribution in [-0.2, 0) is 0 Å². The number of nitrogens with one attached hydrogen (secondary N) is 1. The van der Waals surface area contributed by atoms with E-state index in [1.54, 1.807) is 0 Å². The van der Waals surface area contributed by atoms with E-state index in [2.05, 4.69) is 24.1 Å². The van der Waals surface area contributed by atoms with Gasteiger partial charge in [-0.05, 0) is 39.7 Å². The molecule has 1 aliphatic carbocycles. The summed E-state index contributed by atoms with van der Waals surface area (Å²) in [5.41, 5.74) is 0. The second-order valence-corrected chi connectivity index (χ2v) is 5.43. The summed E-state index contributed by atoms with van der Waals surface area (Å²) < 4.78 is 0. The molecule has 2 atom stereocenters. The predicted molar refractivity (Wildman–Crippen MR) is 65.1 cm³/mol. The van der Waals surface area contributed by atoms with E-state index in [1.165, 1.54) is 51.6 Å². The molecule has 0 spiro atoms. The SMILES string of the molecule is CC1CCNCC(C)N1C1CCCCC1. The number of hydrogen-bond acceptors (Lipinski definition) is 2. The largest absolute Gasteiger partial charge is 0.315 e. The molecule has 2 aliphatic rings. The van der Waals surface area contributed by atoms with Gasteiger partial charge in [-0.1, -0.05) is 19.3 Å². The van der Waals surface area contributed by atoms with Crippen molar-refractivity contribution in [2.45, 2.75) is 70.5 Å². The standard InChI is InChI=1S/C13H26N2/c1-11-8-9-14-10-12(2)15(11)13-6-4-3-5-7-13/h11-14H,3-10H2,1-2H3. The van der Waals surface area contributed by atoms with Crippen molar-refractivity contribution in [3.8, 4) is 0 Å². The van der Waals surface area contributed by atoms with E-state index in [9.17, 15) is 0 Å². The second-order valence-electron chi connectivity index (χ2n) is 5.43. The van der Waals surface area contributed by atoms with Crippen LogP contribution in [0.2, 0.25) is 0 Å². The molecule has 0 aromatic heterocycles. The van der Waals surface area contributed by atoms with Crippen LogP contribution in [0.3, 0.4) is 0 Å². The van der Waals surface area contributed by atoms with Crippen molar-refractivity contribution in [3.05, 3.63) is 0 Å². The maximum absolute atomic E-state index is 3.55. The Balaban J connectivity index is 2.01. The fraction of sp³-hybridized carbons (Fsp3) is 1.00. The Labute approximate surface area is 94.4 Å². The Kier molecular flexibility index (Phi) is 4.04.